The zero-order valence-electron chi connectivity index (χ0n) is 27.7. The highest BCUT2D eigenvalue weighted by molar-refractivity contribution is 6.21. The maximum absolute atomic E-state index is 14.3. The summed E-state index contributed by atoms with van der Waals surface area (Å²) in [6.45, 7) is 0. The van der Waals surface area contributed by atoms with Crippen molar-refractivity contribution in [2.45, 2.75) is 68.7 Å². The number of pyridine rings is 4. The van der Waals surface area contributed by atoms with Crippen molar-refractivity contribution in [3.8, 4) is 34.0 Å². The van der Waals surface area contributed by atoms with Gasteiger partial charge in [-0.25, -0.2) is 36.3 Å². The standard InChI is InChI=1S/C17H13F5N4O2.C16H10ClF5N4O.CH4/c1-27-17(21,22)15-25-24-13-3-2-9(8-26(13)15)10-4-12(18)14(23-7-10)28-11-5-16(19,20)6-11;17-16(21,22)14-25-24-12-2-1-8(7-26(12)14)9-3-11(18)13(23-6-9)27-10-4-15(19,20)5-10;/h2-4,7-8,11H,5-6H2,1H3;1-3,6-7,10H,4-5H2;1H4. The predicted molar refractivity (Wildman–Crippen MR) is 177 cm³/mol. The van der Waals surface area contributed by atoms with Crippen LogP contribution in [-0.2, 0) is 16.2 Å². The molecule has 6 aromatic rings. The molecule has 11 nitrogen and oxygen atoms in total. The summed E-state index contributed by atoms with van der Waals surface area (Å²) in [7, 11) is 0.834. The summed E-state index contributed by atoms with van der Waals surface area (Å²) in [5.41, 5.74) is 1.51. The molecule has 0 spiro atoms. The number of fused-ring (bicyclic) bond motifs is 2. The first-order chi connectivity index (χ1) is 25.8. The third-order valence-electron chi connectivity index (χ3n) is 8.52. The lowest BCUT2D eigenvalue weighted by Gasteiger charge is -2.34. The molecule has 2 fully saturated rings. The SMILES string of the molecule is C.COC(F)(F)c1nnc2ccc(-c3cnc(OC4CC(F)(F)C4)c(F)c3)cn12.Fc1cc(-c2ccc3nnc(C(F)(F)Cl)n3c2)cnc1OC1CC(F)(F)C1. The van der Waals surface area contributed by atoms with Gasteiger partial charge >= 0.3 is 11.5 Å². The average molecular weight is 821 g/mol. The van der Waals surface area contributed by atoms with Crippen LogP contribution in [0.2, 0.25) is 0 Å². The second-order valence-corrected chi connectivity index (χ2v) is 13.1. The van der Waals surface area contributed by atoms with E-state index in [0.29, 0.717) is 11.1 Å². The van der Waals surface area contributed by atoms with Crippen molar-refractivity contribution in [1.82, 2.24) is 39.2 Å². The van der Waals surface area contributed by atoms with E-state index in [1.807, 2.05) is 0 Å². The van der Waals surface area contributed by atoms with Gasteiger partial charge in [-0.2, -0.15) is 17.6 Å². The number of hydrogen-bond donors (Lipinski definition) is 0. The first kappa shape index (κ1) is 40.4. The highest BCUT2D eigenvalue weighted by Gasteiger charge is 2.48. The van der Waals surface area contributed by atoms with Crippen molar-refractivity contribution in [3.63, 3.8) is 0 Å². The van der Waals surface area contributed by atoms with Gasteiger partial charge in [-0.15, -0.1) is 20.4 Å². The van der Waals surface area contributed by atoms with Gasteiger partial charge in [-0.1, -0.05) is 7.43 Å². The average Bonchev–Trinajstić information content (AvgIpc) is 3.73. The summed E-state index contributed by atoms with van der Waals surface area (Å²) < 4.78 is 151. The maximum Gasteiger partial charge on any atom is 0.417 e. The Hall–Kier alpha value is -5.31. The molecule has 0 radical (unpaired) electrons. The molecule has 2 saturated carbocycles. The Morgan fingerprint density at radius 2 is 1.07 bits per heavy atom. The van der Waals surface area contributed by atoms with Gasteiger partial charge in [0.25, 0.3) is 23.6 Å². The summed E-state index contributed by atoms with van der Waals surface area (Å²) >= 11 is 5.01. The Bertz CT molecular complexity index is 2370. The maximum atomic E-state index is 14.3. The number of alkyl halides is 9. The molecule has 0 saturated heterocycles. The summed E-state index contributed by atoms with van der Waals surface area (Å²) in [5.74, 6) is -9.58. The zero-order chi connectivity index (χ0) is 39.5. The molecule has 0 aromatic carbocycles. The molecular weight excluding hydrogens is 794 g/mol. The third kappa shape index (κ3) is 8.27. The Kier molecular flexibility index (Phi) is 10.6. The van der Waals surface area contributed by atoms with Gasteiger partial charge in [-0.3, -0.25) is 8.80 Å². The van der Waals surface area contributed by atoms with Crippen molar-refractivity contribution in [1.29, 1.82) is 0 Å². The van der Waals surface area contributed by atoms with Gasteiger partial charge in [0.1, 0.15) is 12.2 Å². The molecule has 0 amide bonds. The molecule has 8 rings (SSSR count). The van der Waals surface area contributed by atoms with Crippen molar-refractivity contribution in [2.75, 3.05) is 7.11 Å². The van der Waals surface area contributed by atoms with Crippen molar-refractivity contribution in [2.24, 2.45) is 0 Å². The molecule has 56 heavy (non-hydrogen) atoms. The van der Waals surface area contributed by atoms with Crippen molar-refractivity contribution < 1.29 is 58.1 Å². The van der Waals surface area contributed by atoms with Crippen molar-refractivity contribution >= 4 is 22.9 Å². The second kappa shape index (κ2) is 14.6. The third-order valence-corrected chi connectivity index (χ3v) is 8.69. The fraction of sp³-hybridized carbons (Fsp3) is 0.353. The molecule has 6 heterocycles. The van der Waals surface area contributed by atoms with E-state index in [2.05, 4.69) is 35.1 Å². The van der Waals surface area contributed by atoms with E-state index >= 15 is 0 Å². The predicted octanol–water partition coefficient (Wildman–Crippen LogP) is 8.83. The molecule has 2 aliphatic rings. The fourth-order valence-corrected chi connectivity index (χ4v) is 5.77. The lowest BCUT2D eigenvalue weighted by molar-refractivity contribution is -0.237. The largest absolute Gasteiger partial charge is 0.472 e. The molecule has 0 N–H and O–H groups in total. The minimum absolute atomic E-state index is 0. The van der Waals surface area contributed by atoms with Crippen LogP contribution in [0.1, 0.15) is 44.8 Å². The summed E-state index contributed by atoms with van der Waals surface area (Å²) in [5, 5.41) is 10.3. The van der Waals surface area contributed by atoms with Gasteiger partial charge in [0, 0.05) is 79.8 Å². The van der Waals surface area contributed by atoms with Crippen LogP contribution >= 0.6 is 11.6 Å². The van der Waals surface area contributed by atoms with E-state index in [1.165, 1.54) is 49.1 Å². The van der Waals surface area contributed by atoms with Crippen LogP contribution < -0.4 is 9.47 Å². The minimum atomic E-state index is -3.73. The minimum Gasteiger partial charge on any atom is -0.472 e. The number of hydrogen-bond acceptors (Lipinski definition) is 9. The fourth-order valence-electron chi connectivity index (χ4n) is 5.64. The van der Waals surface area contributed by atoms with Gasteiger partial charge < -0.3 is 14.2 Å². The lowest BCUT2D eigenvalue weighted by atomic mass is 9.91. The number of aromatic nitrogens is 8. The number of rotatable bonds is 9. The Morgan fingerprint density at radius 1 is 0.661 bits per heavy atom. The summed E-state index contributed by atoms with van der Waals surface area (Å²) in [6, 6.07) is 8.04. The molecule has 2 aliphatic carbocycles. The highest BCUT2D eigenvalue weighted by atomic mass is 35.5. The van der Waals surface area contributed by atoms with Gasteiger partial charge in [0.05, 0.1) is 0 Å². The van der Waals surface area contributed by atoms with E-state index in [1.54, 1.807) is 0 Å². The van der Waals surface area contributed by atoms with Gasteiger partial charge in [-0.05, 0) is 48.0 Å². The van der Waals surface area contributed by atoms with E-state index in [0.717, 1.165) is 28.0 Å². The number of methoxy groups -OCH3 is 1. The Morgan fingerprint density at radius 3 is 1.45 bits per heavy atom. The van der Waals surface area contributed by atoms with Crippen LogP contribution in [0, 0.1) is 11.6 Å². The normalized spacial score (nSPS) is 16.7. The molecule has 0 unspecified atom stereocenters. The topological polar surface area (TPSA) is 114 Å². The number of halogens is 11. The zero-order valence-corrected chi connectivity index (χ0v) is 28.5. The van der Waals surface area contributed by atoms with Crippen LogP contribution in [0.5, 0.6) is 11.8 Å². The smallest absolute Gasteiger partial charge is 0.417 e. The first-order valence-electron chi connectivity index (χ1n) is 15.9. The number of nitrogens with zero attached hydrogens (tertiary/aromatic N) is 8. The number of ether oxygens (including phenoxy) is 3. The Labute approximate surface area is 314 Å². The van der Waals surface area contributed by atoms with Gasteiger partial charge in [0.2, 0.25) is 11.6 Å². The molecule has 0 bridgehead atoms. The molecule has 0 aliphatic heterocycles. The van der Waals surface area contributed by atoms with Crippen LogP contribution in [0.25, 0.3) is 33.5 Å². The van der Waals surface area contributed by atoms with E-state index in [9.17, 15) is 43.9 Å². The lowest BCUT2D eigenvalue weighted by Crippen LogP contribution is -2.43. The van der Waals surface area contributed by atoms with E-state index < -0.39 is 90.4 Å². The summed E-state index contributed by atoms with van der Waals surface area (Å²) in [4.78, 5) is 7.63. The molecule has 298 valence electrons. The van der Waals surface area contributed by atoms with Crippen LogP contribution in [0.15, 0.2) is 61.2 Å². The van der Waals surface area contributed by atoms with Crippen LogP contribution in [0.4, 0.5) is 43.9 Å². The van der Waals surface area contributed by atoms with Crippen molar-refractivity contribution in [3.05, 3.63) is 84.5 Å². The van der Waals surface area contributed by atoms with Gasteiger partial charge in [0.15, 0.2) is 22.9 Å². The van der Waals surface area contributed by atoms with Crippen LogP contribution in [0.3, 0.4) is 0 Å². The van der Waals surface area contributed by atoms with E-state index in [-0.39, 0.29) is 35.7 Å². The Balaban J connectivity index is 0.000000187. The summed E-state index contributed by atoms with van der Waals surface area (Å²) in [6.07, 6.45) is -2.15. The van der Waals surface area contributed by atoms with Crippen LogP contribution in [-0.4, -0.2) is 70.3 Å². The molecular formula is C34H27ClF10N8O3. The second-order valence-electron chi connectivity index (χ2n) is 12.6. The quantitative estimate of drug-likeness (QED) is 0.104. The van der Waals surface area contributed by atoms with E-state index in [4.69, 9.17) is 21.1 Å². The molecule has 6 aromatic heterocycles. The molecule has 22 heteroatoms. The monoisotopic (exact) mass is 820 g/mol. The highest BCUT2D eigenvalue weighted by Crippen LogP contribution is 2.41. The molecule has 0 atom stereocenters. The first-order valence-corrected chi connectivity index (χ1v) is 16.3.